The van der Waals surface area contributed by atoms with Gasteiger partial charge in [-0.2, -0.15) is 13.2 Å². The van der Waals surface area contributed by atoms with Gasteiger partial charge >= 0.3 is 6.18 Å². The van der Waals surface area contributed by atoms with Gasteiger partial charge in [0.25, 0.3) is 11.8 Å². The molecule has 2 heterocycles. The molecule has 2 amide bonds. The Morgan fingerprint density at radius 3 is 2.32 bits per heavy atom. The zero-order valence-electron chi connectivity index (χ0n) is 15.7. The van der Waals surface area contributed by atoms with E-state index in [4.69, 9.17) is 4.42 Å². The van der Waals surface area contributed by atoms with Crippen molar-refractivity contribution in [3.05, 3.63) is 94.5 Å². The van der Waals surface area contributed by atoms with Gasteiger partial charge in [0.05, 0.1) is 33.7 Å². The van der Waals surface area contributed by atoms with E-state index in [-0.39, 0.29) is 27.5 Å². The Morgan fingerprint density at radius 2 is 1.68 bits per heavy atom. The van der Waals surface area contributed by atoms with Crippen LogP contribution in [0.15, 0.2) is 76.2 Å². The predicted octanol–water partition coefficient (Wildman–Crippen LogP) is 5.66. The van der Waals surface area contributed by atoms with Crippen LogP contribution >= 0.6 is 11.8 Å². The van der Waals surface area contributed by atoms with Crippen molar-refractivity contribution in [2.75, 3.05) is 4.90 Å². The molecule has 0 aliphatic carbocycles. The van der Waals surface area contributed by atoms with Gasteiger partial charge in [0.1, 0.15) is 11.6 Å². The highest BCUT2D eigenvalue weighted by Gasteiger charge is 2.41. The molecule has 4 nitrogen and oxygen atoms in total. The van der Waals surface area contributed by atoms with Crippen molar-refractivity contribution in [3.63, 3.8) is 0 Å². The Bertz CT molecular complexity index is 1170. The van der Waals surface area contributed by atoms with E-state index in [1.165, 1.54) is 24.5 Å². The molecule has 31 heavy (non-hydrogen) atoms. The first-order chi connectivity index (χ1) is 14.8. The largest absolute Gasteiger partial charge is 0.468 e. The predicted molar refractivity (Wildman–Crippen MR) is 107 cm³/mol. The average Bonchev–Trinajstić information content (AvgIpc) is 3.33. The summed E-state index contributed by atoms with van der Waals surface area (Å²) in [6.07, 6.45) is -3.17. The number of nitrogens with zero attached hydrogens (tertiary/aromatic N) is 1. The van der Waals surface area contributed by atoms with Gasteiger partial charge < -0.3 is 4.42 Å². The quantitative estimate of drug-likeness (QED) is 0.374. The van der Waals surface area contributed by atoms with Crippen molar-refractivity contribution in [1.82, 2.24) is 0 Å². The van der Waals surface area contributed by atoms with E-state index in [0.717, 1.165) is 42.1 Å². The number of hydrogen-bond acceptors (Lipinski definition) is 4. The Hall–Kier alpha value is -3.33. The summed E-state index contributed by atoms with van der Waals surface area (Å²) in [5, 5.41) is 0. The number of thioether (sulfide) groups is 1. The van der Waals surface area contributed by atoms with Crippen molar-refractivity contribution in [3.8, 4) is 0 Å². The molecule has 4 rings (SSSR count). The van der Waals surface area contributed by atoms with E-state index in [1.807, 2.05) is 0 Å². The van der Waals surface area contributed by atoms with E-state index in [0.29, 0.717) is 10.7 Å². The minimum Gasteiger partial charge on any atom is -0.468 e. The number of alkyl halides is 3. The molecular formula is C22H13F4NO3S. The van der Waals surface area contributed by atoms with Crippen molar-refractivity contribution >= 4 is 34.8 Å². The summed E-state index contributed by atoms with van der Waals surface area (Å²) >= 11 is 1.03. The fourth-order valence-corrected chi connectivity index (χ4v) is 4.12. The zero-order chi connectivity index (χ0) is 22.2. The number of halogens is 4. The van der Waals surface area contributed by atoms with Crippen LogP contribution in [0, 0.1) is 5.82 Å². The molecule has 0 spiro atoms. The van der Waals surface area contributed by atoms with Gasteiger partial charge in [0, 0.05) is 0 Å². The molecule has 1 aliphatic rings. The van der Waals surface area contributed by atoms with Crippen LogP contribution in [-0.2, 0) is 21.5 Å². The van der Waals surface area contributed by atoms with Gasteiger partial charge in [-0.15, -0.1) is 11.8 Å². The molecule has 1 aromatic heterocycles. The Balaban J connectivity index is 1.75. The summed E-state index contributed by atoms with van der Waals surface area (Å²) < 4.78 is 58.0. The standard InChI is InChI=1S/C22H13F4NO3S/c23-15-8-6-13(7-9-15)18-19(31-12-17-5-2-10-30-17)21(29)27(20(18)28)16-4-1-3-14(11-16)22(24,25)26/h1-11H,12H2. The summed E-state index contributed by atoms with van der Waals surface area (Å²) in [5.41, 5.74) is -0.890. The lowest BCUT2D eigenvalue weighted by molar-refractivity contribution is -0.137. The number of benzene rings is 2. The van der Waals surface area contributed by atoms with Crippen LogP contribution in [0.2, 0.25) is 0 Å². The van der Waals surface area contributed by atoms with E-state index in [9.17, 15) is 27.2 Å². The van der Waals surface area contributed by atoms with Gasteiger partial charge in [-0.05, 0) is 48.0 Å². The normalized spacial score (nSPS) is 14.6. The van der Waals surface area contributed by atoms with E-state index in [2.05, 4.69) is 0 Å². The van der Waals surface area contributed by atoms with Gasteiger partial charge in [-0.25, -0.2) is 9.29 Å². The summed E-state index contributed by atoms with van der Waals surface area (Å²) in [4.78, 5) is 27.1. The van der Waals surface area contributed by atoms with Gasteiger partial charge in [-0.1, -0.05) is 18.2 Å². The van der Waals surface area contributed by atoms with E-state index in [1.54, 1.807) is 12.1 Å². The number of carbonyl (C=O) groups is 2. The first-order valence-electron chi connectivity index (χ1n) is 8.97. The highest BCUT2D eigenvalue weighted by Crippen LogP contribution is 2.41. The smallest absolute Gasteiger partial charge is 0.416 e. The molecule has 9 heteroatoms. The Kier molecular flexibility index (Phi) is 5.45. The van der Waals surface area contributed by atoms with Crippen molar-refractivity contribution in [1.29, 1.82) is 0 Å². The topological polar surface area (TPSA) is 50.5 Å². The number of anilines is 1. The average molecular weight is 447 g/mol. The summed E-state index contributed by atoms with van der Waals surface area (Å²) in [5.74, 6) is -1.28. The molecule has 0 saturated heterocycles. The molecule has 0 unspecified atom stereocenters. The molecule has 158 valence electrons. The van der Waals surface area contributed by atoms with Crippen LogP contribution in [-0.4, -0.2) is 11.8 Å². The van der Waals surface area contributed by atoms with Crippen LogP contribution in [0.5, 0.6) is 0 Å². The second-order valence-corrected chi connectivity index (χ2v) is 7.56. The minimum atomic E-state index is -4.63. The Labute approximate surface area is 178 Å². The summed E-state index contributed by atoms with van der Waals surface area (Å²) in [6, 6.07) is 12.3. The molecule has 1 aliphatic heterocycles. The van der Waals surface area contributed by atoms with Gasteiger partial charge in [0.2, 0.25) is 0 Å². The maximum atomic E-state index is 13.4. The third kappa shape index (κ3) is 4.13. The van der Waals surface area contributed by atoms with Crippen LogP contribution in [0.4, 0.5) is 23.2 Å². The molecule has 2 aromatic carbocycles. The fourth-order valence-electron chi connectivity index (χ4n) is 3.11. The van der Waals surface area contributed by atoms with Crippen LogP contribution in [0.25, 0.3) is 5.57 Å². The number of hydrogen-bond donors (Lipinski definition) is 0. The number of furan rings is 1. The van der Waals surface area contributed by atoms with Crippen LogP contribution < -0.4 is 4.90 Å². The third-order valence-electron chi connectivity index (χ3n) is 4.54. The van der Waals surface area contributed by atoms with Crippen molar-refractivity contribution < 1.29 is 31.6 Å². The second-order valence-electron chi connectivity index (χ2n) is 6.57. The number of imide groups is 1. The summed E-state index contributed by atoms with van der Waals surface area (Å²) in [7, 11) is 0. The highest BCUT2D eigenvalue weighted by atomic mass is 32.2. The molecule has 0 N–H and O–H groups in total. The molecule has 0 fully saturated rings. The highest BCUT2D eigenvalue weighted by molar-refractivity contribution is 8.03. The lowest BCUT2D eigenvalue weighted by Gasteiger charge is -2.17. The zero-order valence-corrected chi connectivity index (χ0v) is 16.5. The fraction of sp³-hybridized carbons (Fsp3) is 0.0909. The number of amides is 2. The number of carbonyl (C=O) groups excluding carboxylic acids is 2. The third-order valence-corrected chi connectivity index (χ3v) is 5.64. The summed E-state index contributed by atoms with van der Waals surface area (Å²) in [6.45, 7) is 0. The molecule has 0 saturated carbocycles. The maximum Gasteiger partial charge on any atom is 0.416 e. The van der Waals surface area contributed by atoms with Gasteiger partial charge in [0.15, 0.2) is 0 Å². The van der Waals surface area contributed by atoms with Crippen molar-refractivity contribution in [2.45, 2.75) is 11.9 Å². The van der Waals surface area contributed by atoms with E-state index < -0.39 is 29.4 Å². The molecule has 0 atom stereocenters. The van der Waals surface area contributed by atoms with Gasteiger partial charge in [-0.3, -0.25) is 9.59 Å². The van der Waals surface area contributed by atoms with E-state index >= 15 is 0 Å². The number of rotatable bonds is 5. The first-order valence-corrected chi connectivity index (χ1v) is 9.95. The van der Waals surface area contributed by atoms with Crippen LogP contribution in [0.1, 0.15) is 16.9 Å². The maximum absolute atomic E-state index is 13.4. The second kappa shape index (κ2) is 8.07. The van der Waals surface area contributed by atoms with Crippen molar-refractivity contribution in [2.24, 2.45) is 0 Å². The molecule has 0 bridgehead atoms. The van der Waals surface area contributed by atoms with Crippen LogP contribution in [0.3, 0.4) is 0 Å². The molecular weight excluding hydrogens is 434 g/mol. The first kappa shape index (κ1) is 20.9. The lowest BCUT2D eigenvalue weighted by Crippen LogP contribution is -2.31. The lowest BCUT2D eigenvalue weighted by atomic mass is 10.1. The SMILES string of the molecule is O=C1C(SCc2ccco2)=C(c2ccc(F)cc2)C(=O)N1c1cccc(C(F)(F)F)c1. The molecule has 0 radical (unpaired) electrons. The monoisotopic (exact) mass is 447 g/mol. The Morgan fingerprint density at radius 1 is 0.935 bits per heavy atom. The minimum absolute atomic E-state index is 0.000956. The molecule has 3 aromatic rings.